The summed E-state index contributed by atoms with van der Waals surface area (Å²) in [6.07, 6.45) is 0. The summed E-state index contributed by atoms with van der Waals surface area (Å²) < 4.78 is 13.0. The first-order chi connectivity index (χ1) is 14.8. The first-order valence-electron chi connectivity index (χ1n) is 10.1. The number of hydrogen-bond acceptors (Lipinski definition) is 3. The molecular weight excluding hydrogens is 411 g/mol. The Bertz CT molecular complexity index is 1030. The number of hydrogen-bond donors (Lipinski definition) is 2. The van der Waals surface area contributed by atoms with Crippen LogP contribution >= 0.6 is 11.8 Å². The van der Waals surface area contributed by atoms with Gasteiger partial charge in [0.05, 0.1) is 5.25 Å². The summed E-state index contributed by atoms with van der Waals surface area (Å²) in [7, 11) is 0. The first kappa shape index (κ1) is 22.6. The lowest BCUT2D eigenvalue weighted by Gasteiger charge is -2.13. The van der Waals surface area contributed by atoms with Crippen molar-refractivity contribution in [1.29, 1.82) is 0 Å². The Hall–Kier alpha value is -3.12. The maximum Gasteiger partial charge on any atom is 0.255 e. The third-order valence-electron chi connectivity index (χ3n) is 4.75. The fourth-order valence-electron chi connectivity index (χ4n) is 2.87. The minimum atomic E-state index is -0.386. The van der Waals surface area contributed by atoms with Crippen molar-refractivity contribution < 1.29 is 14.0 Å². The van der Waals surface area contributed by atoms with Gasteiger partial charge in [-0.1, -0.05) is 26.0 Å². The Labute approximate surface area is 186 Å². The SMILES string of the molecule is CC(Sc1ccc(NC(=O)c2ccc(F)cc2)cc1)C(=O)Nc1ccc(C(C)C)cc1. The lowest BCUT2D eigenvalue weighted by atomic mass is 10.0. The van der Waals surface area contributed by atoms with E-state index in [9.17, 15) is 14.0 Å². The standard InChI is InChI=1S/C25H25FN2O2S/c1-16(2)18-6-10-21(11-7-18)27-24(29)17(3)31-23-14-12-22(13-15-23)28-25(30)19-4-8-20(26)9-5-19/h4-17H,1-3H3,(H,27,29)(H,28,30). The molecule has 3 aromatic carbocycles. The molecule has 0 bridgehead atoms. The Morgan fingerprint density at radius 3 is 1.90 bits per heavy atom. The van der Waals surface area contributed by atoms with Crippen LogP contribution < -0.4 is 10.6 Å². The van der Waals surface area contributed by atoms with Crippen LogP contribution in [0.25, 0.3) is 0 Å². The van der Waals surface area contributed by atoms with Crippen LogP contribution in [0.5, 0.6) is 0 Å². The number of carbonyl (C=O) groups excluding carboxylic acids is 2. The van der Waals surface area contributed by atoms with Gasteiger partial charge in [0.15, 0.2) is 0 Å². The number of benzene rings is 3. The van der Waals surface area contributed by atoms with Crippen LogP contribution in [0, 0.1) is 5.82 Å². The fourth-order valence-corrected chi connectivity index (χ4v) is 3.74. The number of carbonyl (C=O) groups is 2. The molecule has 3 rings (SSSR count). The molecule has 31 heavy (non-hydrogen) atoms. The van der Waals surface area contributed by atoms with E-state index in [1.165, 1.54) is 41.6 Å². The summed E-state index contributed by atoms with van der Waals surface area (Å²) in [5.41, 5.74) is 3.01. The summed E-state index contributed by atoms with van der Waals surface area (Å²) in [5, 5.41) is 5.43. The van der Waals surface area contributed by atoms with Gasteiger partial charge < -0.3 is 10.6 Å². The molecule has 3 aromatic rings. The molecule has 0 aliphatic rings. The summed E-state index contributed by atoms with van der Waals surface area (Å²) in [4.78, 5) is 25.6. The second-order valence-corrected chi connectivity index (χ2v) is 8.93. The monoisotopic (exact) mass is 436 g/mol. The van der Waals surface area contributed by atoms with Crippen molar-refractivity contribution in [1.82, 2.24) is 0 Å². The van der Waals surface area contributed by atoms with Crippen molar-refractivity contribution in [3.05, 3.63) is 89.7 Å². The number of amides is 2. The zero-order valence-electron chi connectivity index (χ0n) is 17.7. The normalized spacial score (nSPS) is 11.8. The molecule has 160 valence electrons. The highest BCUT2D eigenvalue weighted by Crippen LogP contribution is 2.26. The predicted molar refractivity (Wildman–Crippen MR) is 125 cm³/mol. The maximum absolute atomic E-state index is 13.0. The molecule has 0 fully saturated rings. The van der Waals surface area contributed by atoms with Crippen LogP contribution in [0.2, 0.25) is 0 Å². The third-order valence-corrected chi connectivity index (χ3v) is 5.86. The Morgan fingerprint density at radius 1 is 0.774 bits per heavy atom. The topological polar surface area (TPSA) is 58.2 Å². The van der Waals surface area contributed by atoms with Crippen molar-refractivity contribution in [2.45, 2.75) is 36.8 Å². The van der Waals surface area contributed by atoms with Crippen LogP contribution in [0.3, 0.4) is 0 Å². The molecule has 0 aromatic heterocycles. The van der Waals surface area contributed by atoms with E-state index in [2.05, 4.69) is 24.5 Å². The second-order valence-electron chi connectivity index (χ2n) is 7.51. The highest BCUT2D eigenvalue weighted by atomic mass is 32.2. The van der Waals surface area contributed by atoms with Crippen molar-refractivity contribution in [2.24, 2.45) is 0 Å². The van der Waals surface area contributed by atoms with Crippen molar-refractivity contribution in [3.63, 3.8) is 0 Å². The molecule has 6 heteroatoms. The molecule has 2 amide bonds. The Balaban J connectivity index is 1.54. The molecule has 0 radical (unpaired) electrons. The van der Waals surface area contributed by atoms with Gasteiger partial charge in [-0.25, -0.2) is 4.39 Å². The average molecular weight is 437 g/mol. The Kier molecular flexibility index (Phi) is 7.47. The molecular formula is C25H25FN2O2S. The van der Waals surface area contributed by atoms with E-state index in [1.54, 1.807) is 12.1 Å². The van der Waals surface area contributed by atoms with E-state index in [0.29, 0.717) is 17.2 Å². The van der Waals surface area contributed by atoms with E-state index >= 15 is 0 Å². The smallest absolute Gasteiger partial charge is 0.255 e. The highest BCUT2D eigenvalue weighted by Gasteiger charge is 2.15. The molecule has 0 aliphatic carbocycles. The third kappa shape index (κ3) is 6.43. The minimum Gasteiger partial charge on any atom is -0.325 e. The molecule has 1 unspecified atom stereocenters. The zero-order chi connectivity index (χ0) is 22.4. The lowest BCUT2D eigenvalue weighted by molar-refractivity contribution is -0.115. The zero-order valence-corrected chi connectivity index (χ0v) is 18.5. The van der Waals surface area contributed by atoms with Gasteiger partial charge in [0, 0.05) is 21.8 Å². The van der Waals surface area contributed by atoms with Crippen molar-refractivity contribution in [2.75, 3.05) is 10.6 Å². The van der Waals surface area contributed by atoms with E-state index < -0.39 is 0 Å². The number of halogens is 1. The van der Waals surface area contributed by atoms with Gasteiger partial charge in [-0.05, 0) is 79.1 Å². The van der Waals surface area contributed by atoms with E-state index in [1.807, 2.05) is 43.3 Å². The predicted octanol–water partition coefficient (Wildman–Crippen LogP) is 6.32. The van der Waals surface area contributed by atoms with Gasteiger partial charge in [-0.15, -0.1) is 11.8 Å². The van der Waals surface area contributed by atoms with Gasteiger partial charge >= 0.3 is 0 Å². The highest BCUT2D eigenvalue weighted by molar-refractivity contribution is 8.00. The quantitative estimate of drug-likeness (QED) is 0.426. The number of thioether (sulfide) groups is 1. The maximum atomic E-state index is 13.0. The van der Waals surface area contributed by atoms with E-state index in [4.69, 9.17) is 0 Å². The van der Waals surface area contributed by atoms with Crippen LogP contribution in [0.15, 0.2) is 77.7 Å². The summed E-state index contributed by atoms with van der Waals surface area (Å²) in [6, 6.07) is 20.5. The van der Waals surface area contributed by atoms with Crippen LogP contribution in [0.4, 0.5) is 15.8 Å². The molecule has 0 spiro atoms. The molecule has 0 saturated carbocycles. The van der Waals surface area contributed by atoms with Crippen molar-refractivity contribution >= 4 is 35.0 Å². The first-order valence-corrected chi connectivity index (χ1v) is 10.9. The van der Waals surface area contributed by atoms with Gasteiger partial charge in [-0.2, -0.15) is 0 Å². The van der Waals surface area contributed by atoms with Gasteiger partial charge in [0.25, 0.3) is 5.91 Å². The van der Waals surface area contributed by atoms with Gasteiger partial charge in [0.2, 0.25) is 5.91 Å². The molecule has 1 atom stereocenters. The summed E-state index contributed by atoms with van der Waals surface area (Å²) >= 11 is 1.44. The van der Waals surface area contributed by atoms with Crippen LogP contribution in [-0.4, -0.2) is 17.1 Å². The second kappa shape index (κ2) is 10.3. The van der Waals surface area contributed by atoms with Gasteiger partial charge in [0.1, 0.15) is 5.82 Å². The minimum absolute atomic E-state index is 0.0732. The average Bonchev–Trinajstić information content (AvgIpc) is 2.76. The molecule has 4 nitrogen and oxygen atoms in total. The fraction of sp³-hybridized carbons (Fsp3) is 0.200. The molecule has 0 saturated heterocycles. The van der Waals surface area contributed by atoms with E-state index in [0.717, 1.165) is 10.6 Å². The number of nitrogens with one attached hydrogen (secondary N) is 2. The lowest BCUT2D eigenvalue weighted by Crippen LogP contribution is -2.22. The summed E-state index contributed by atoms with van der Waals surface area (Å²) in [6.45, 7) is 6.12. The molecule has 0 heterocycles. The number of rotatable bonds is 7. The van der Waals surface area contributed by atoms with Gasteiger partial charge in [-0.3, -0.25) is 9.59 Å². The molecule has 2 N–H and O–H groups in total. The van der Waals surface area contributed by atoms with Crippen molar-refractivity contribution in [3.8, 4) is 0 Å². The van der Waals surface area contributed by atoms with E-state index in [-0.39, 0.29) is 22.9 Å². The largest absolute Gasteiger partial charge is 0.325 e. The van der Waals surface area contributed by atoms with Crippen LogP contribution in [0.1, 0.15) is 42.6 Å². The van der Waals surface area contributed by atoms with Crippen LogP contribution in [-0.2, 0) is 4.79 Å². The molecule has 0 aliphatic heterocycles. The number of anilines is 2. The Morgan fingerprint density at radius 2 is 1.32 bits per heavy atom. The summed E-state index contributed by atoms with van der Waals surface area (Å²) in [5.74, 6) is -0.320.